The zero-order valence-electron chi connectivity index (χ0n) is 11.7. The van der Waals surface area contributed by atoms with Crippen molar-refractivity contribution in [2.24, 2.45) is 0 Å². The molecule has 1 aromatic heterocycles. The van der Waals surface area contributed by atoms with Crippen molar-refractivity contribution in [1.82, 2.24) is 9.47 Å². The van der Waals surface area contributed by atoms with Crippen molar-refractivity contribution in [1.29, 1.82) is 0 Å². The molecule has 6 heteroatoms. The fourth-order valence-electron chi connectivity index (χ4n) is 2.65. The average molecular weight is 357 g/mol. The standard InChI is InChI=1S/C15H15BrF2N2O/c1-9(2)20-6-12(11-4-3-10(16)5-13(11)20)14(21)19-7-15(17,18)8-19/h3-6,9H,7-8H2,1-2H3. The van der Waals surface area contributed by atoms with Gasteiger partial charge in [0.25, 0.3) is 11.8 Å². The summed E-state index contributed by atoms with van der Waals surface area (Å²) in [5.41, 5.74) is 1.41. The molecule has 0 atom stereocenters. The van der Waals surface area contributed by atoms with Gasteiger partial charge in [0.15, 0.2) is 0 Å². The van der Waals surface area contributed by atoms with Gasteiger partial charge in [-0.05, 0) is 26.0 Å². The molecule has 3 nitrogen and oxygen atoms in total. The zero-order chi connectivity index (χ0) is 15.4. The fraction of sp³-hybridized carbons (Fsp3) is 0.400. The minimum atomic E-state index is -2.74. The molecule has 0 unspecified atom stereocenters. The number of benzene rings is 1. The first-order valence-corrected chi connectivity index (χ1v) is 7.55. The number of hydrogen-bond donors (Lipinski definition) is 0. The number of carbonyl (C=O) groups excluding carboxylic acids is 1. The molecule has 1 saturated heterocycles. The molecule has 1 fully saturated rings. The number of nitrogens with zero attached hydrogens (tertiary/aromatic N) is 2. The number of alkyl halides is 2. The summed E-state index contributed by atoms with van der Waals surface area (Å²) in [6.07, 6.45) is 1.76. The van der Waals surface area contributed by atoms with Gasteiger partial charge in [-0.2, -0.15) is 0 Å². The Morgan fingerprint density at radius 1 is 1.33 bits per heavy atom. The highest BCUT2D eigenvalue weighted by molar-refractivity contribution is 9.10. The van der Waals surface area contributed by atoms with E-state index >= 15 is 0 Å². The molecule has 1 amide bonds. The Hall–Kier alpha value is -1.43. The van der Waals surface area contributed by atoms with E-state index in [0.29, 0.717) is 5.56 Å². The molecule has 2 aromatic rings. The average Bonchev–Trinajstić information content (AvgIpc) is 2.73. The summed E-state index contributed by atoms with van der Waals surface area (Å²) >= 11 is 3.42. The van der Waals surface area contributed by atoms with Crippen LogP contribution in [0.5, 0.6) is 0 Å². The van der Waals surface area contributed by atoms with Crippen LogP contribution in [0.3, 0.4) is 0 Å². The quantitative estimate of drug-likeness (QED) is 0.795. The van der Waals surface area contributed by atoms with Crippen LogP contribution in [0.15, 0.2) is 28.9 Å². The molecular weight excluding hydrogens is 342 g/mol. The van der Waals surface area contributed by atoms with Gasteiger partial charge in [-0.1, -0.05) is 22.0 Å². The third-order valence-electron chi connectivity index (χ3n) is 3.71. The molecule has 1 aromatic carbocycles. The Balaban J connectivity index is 2.05. The molecule has 0 saturated carbocycles. The summed E-state index contributed by atoms with van der Waals surface area (Å²) in [5.74, 6) is -3.07. The molecule has 0 radical (unpaired) electrons. The van der Waals surface area contributed by atoms with Gasteiger partial charge < -0.3 is 9.47 Å². The Morgan fingerprint density at radius 2 is 2.00 bits per heavy atom. The second kappa shape index (κ2) is 4.80. The Labute approximate surface area is 129 Å². The van der Waals surface area contributed by atoms with Gasteiger partial charge in [-0.25, -0.2) is 8.78 Å². The molecule has 0 bridgehead atoms. The van der Waals surface area contributed by atoms with Crippen LogP contribution in [0, 0.1) is 0 Å². The van der Waals surface area contributed by atoms with Gasteiger partial charge >= 0.3 is 0 Å². The zero-order valence-corrected chi connectivity index (χ0v) is 13.3. The molecule has 21 heavy (non-hydrogen) atoms. The number of amides is 1. The summed E-state index contributed by atoms with van der Waals surface area (Å²) in [7, 11) is 0. The highest BCUT2D eigenvalue weighted by Crippen LogP contribution is 2.32. The van der Waals surface area contributed by atoms with Gasteiger partial charge in [0.2, 0.25) is 0 Å². The summed E-state index contributed by atoms with van der Waals surface area (Å²) in [6.45, 7) is 3.06. The predicted octanol–water partition coefficient (Wildman–Crippen LogP) is 4.08. The van der Waals surface area contributed by atoms with Crippen molar-refractivity contribution in [2.45, 2.75) is 25.8 Å². The number of rotatable bonds is 2. The molecule has 3 rings (SSSR count). The van der Waals surface area contributed by atoms with E-state index in [1.54, 1.807) is 6.20 Å². The maximum absolute atomic E-state index is 13.0. The molecule has 1 aliphatic heterocycles. The van der Waals surface area contributed by atoms with E-state index in [1.807, 2.05) is 36.6 Å². The monoisotopic (exact) mass is 356 g/mol. The minimum absolute atomic E-state index is 0.182. The topological polar surface area (TPSA) is 25.2 Å². The van der Waals surface area contributed by atoms with Crippen molar-refractivity contribution >= 4 is 32.7 Å². The predicted molar refractivity (Wildman–Crippen MR) is 80.9 cm³/mol. The SMILES string of the molecule is CC(C)n1cc(C(=O)N2CC(F)(F)C2)c2ccc(Br)cc21. The van der Waals surface area contributed by atoms with Crippen molar-refractivity contribution in [3.63, 3.8) is 0 Å². The lowest BCUT2D eigenvalue weighted by atomic mass is 10.1. The molecule has 0 N–H and O–H groups in total. The van der Waals surface area contributed by atoms with Gasteiger partial charge in [0.1, 0.15) is 0 Å². The van der Waals surface area contributed by atoms with E-state index in [9.17, 15) is 13.6 Å². The largest absolute Gasteiger partial charge is 0.344 e. The van der Waals surface area contributed by atoms with Gasteiger partial charge in [-0.3, -0.25) is 4.79 Å². The minimum Gasteiger partial charge on any atom is -0.344 e. The van der Waals surface area contributed by atoms with Crippen molar-refractivity contribution in [3.05, 3.63) is 34.4 Å². The second-order valence-electron chi connectivity index (χ2n) is 5.72. The van der Waals surface area contributed by atoms with Crippen molar-refractivity contribution in [3.8, 4) is 0 Å². The van der Waals surface area contributed by atoms with Crippen LogP contribution in [0.2, 0.25) is 0 Å². The molecule has 0 aliphatic carbocycles. The maximum atomic E-state index is 13.0. The smallest absolute Gasteiger partial charge is 0.282 e. The first-order valence-electron chi connectivity index (χ1n) is 6.76. The highest BCUT2D eigenvalue weighted by atomic mass is 79.9. The molecular formula is C15H15BrF2N2O. The van der Waals surface area contributed by atoms with Crippen LogP contribution in [0.1, 0.15) is 30.2 Å². The highest BCUT2D eigenvalue weighted by Gasteiger charge is 2.46. The number of likely N-dealkylation sites (tertiary alicyclic amines) is 1. The Morgan fingerprint density at radius 3 is 2.57 bits per heavy atom. The molecule has 112 valence electrons. The summed E-state index contributed by atoms with van der Waals surface area (Å²) in [5, 5.41) is 0.798. The molecule has 2 heterocycles. The van der Waals surface area contributed by atoms with Crippen molar-refractivity contribution < 1.29 is 13.6 Å². The van der Waals surface area contributed by atoms with Crippen molar-refractivity contribution in [2.75, 3.05) is 13.1 Å². The maximum Gasteiger partial charge on any atom is 0.282 e. The third kappa shape index (κ3) is 2.46. The third-order valence-corrected chi connectivity index (χ3v) is 4.21. The van der Waals surface area contributed by atoms with Gasteiger partial charge in [0, 0.05) is 22.1 Å². The lowest BCUT2D eigenvalue weighted by Gasteiger charge is -2.38. The number of halogens is 3. The van der Waals surface area contributed by atoms with E-state index in [0.717, 1.165) is 15.4 Å². The molecule has 0 spiro atoms. The second-order valence-corrected chi connectivity index (χ2v) is 6.64. The van der Waals surface area contributed by atoms with Crippen LogP contribution < -0.4 is 0 Å². The fourth-order valence-corrected chi connectivity index (χ4v) is 3.00. The van der Waals surface area contributed by atoms with E-state index in [1.165, 1.54) is 4.90 Å². The number of carbonyl (C=O) groups is 1. The number of hydrogen-bond acceptors (Lipinski definition) is 1. The lowest BCUT2D eigenvalue weighted by molar-refractivity contribution is -0.113. The first kappa shape index (κ1) is 14.5. The lowest BCUT2D eigenvalue weighted by Crippen LogP contribution is -2.58. The van der Waals surface area contributed by atoms with E-state index in [-0.39, 0.29) is 11.9 Å². The van der Waals surface area contributed by atoms with Crippen LogP contribution in [0.25, 0.3) is 10.9 Å². The van der Waals surface area contributed by atoms with Crippen LogP contribution >= 0.6 is 15.9 Å². The van der Waals surface area contributed by atoms with E-state index in [4.69, 9.17) is 0 Å². The van der Waals surface area contributed by atoms with E-state index < -0.39 is 19.0 Å². The Bertz CT molecular complexity index is 716. The van der Waals surface area contributed by atoms with Crippen LogP contribution in [-0.4, -0.2) is 34.4 Å². The van der Waals surface area contributed by atoms with E-state index in [2.05, 4.69) is 15.9 Å². The summed E-state index contributed by atoms with van der Waals surface area (Å²) < 4.78 is 28.8. The molecule has 1 aliphatic rings. The van der Waals surface area contributed by atoms with Crippen LogP contribution in [-0.2, 0) is 0 Å². The summed E-state index contributed by atoms with van der Waals surface area (Å²) in [4.78, 5) is 13.6. The summed E-state index contributed by atoms with van der Waals surface area (Å²) in [6, 6.07) is 5.83. The number of fused-ring (bicyclic) bond motifs is 1. The number of aromatic nitrogens is 1. The van der Waals surface area contributed by atoms with Gasteiger partial charge in [0.05, 0.1) is 24.2 Å². The first-order chi connectivity index (χ1) is 9.78. The Kier molecular flexibility index (Phi) is 3.31. The van der Waals surface area contributed by atoms with Gasteiger partial charge in [-0.15, -0.1) is 0 Å². The van der Waals surface area contributed by atoms with Crippen LogP contribution in [0.4, 0.5) is 8.78 Å². The normalized spacial score (nSPS) is 17.3.